The van der Waals surface area contributed by atoms with Crippen molar-refractivity contribution in [2.75, 3.05) is 13.1 Å². The molecule has 1 saturated heterocycles. The number of rotatable bonds is 4. The molecular weight excluding hydrogens is 380 g/mol. The number of carbonyl (C=O) groups excluding carboxylic acids is 2. The second-order valence-electron chi connectivity index (χ2n) is 8.21. The van der Waals surface area contributed by atoms with Crippen molar-refractivity contribution in [3.63, 3.8) is 0 Å². The topological polar surface area (TPSA) is 77.2 Å². The predicted octanol–water partition coefficient (Wildman–Crippen LogP) is 2.78. The van der Waals surface area contributed by atoms with E-state index in [1.54, 1.807) is 37.7 Å². The molecule has 2 aromatic heterocycles. The Bertz CT molecular complexity index is 1160. The molecule has 7 heteroatoms. The summed E-state index contributed by atoms with van der Waals surface area (Å²) in [6.07, 6.45) is 4.65. The number of benzene rings is 1. The van der Waals surface area contributed by atoms with Crippen LogP contribution in [-0.2, 0) is 18.4 Å². The smallest absolute Gasteiger partial charge is 0.253 e. The first-order valence-electron chi connectivity index (χ1n) is 10.3. The minimum absolute atomic E-state index is 0.0333. The van der Waals surface area contributed by atoms with Crippen molar-refractivity contribution in [1.82, 2.24) is 19.0 Å². The van der Waals surface area contributed by atoms with E-state index >= 15 is 0 Å². The van der Waals surface area contributed by atoms with Crippen LogP contribution in [0.5, 0.6) is 0 Å². The van der Waals surface area contributed by atoms with Crippen LogP contribution < -0.4 is 5.56 Å². The number of piperidine rings is 1. The van der Waals surface area contributed by atoms with Gasteiger partial charge in [-0.3, -0.25) is 14.4 Å². The minimum atomic E-state index is -0.0333. The first kappa shape index (κ1) is 20.1. The maximum Gasteiger partial charge on any atom is 0.253 e. The molecule has 1 aliphatic heterocycles. The van der Waals surface area contributed by atoms with E-state index in [4.69, 9.17) is 4.98 Å². The van der Waals surface area contributed by atoms with E-state index in [0.717, 1.165) is 48.1 Å². The summed E-state index contributed by atoms with van der Waals surface area (Å²) in [5, 5.41) is 0. The second kappa shape index (κ2) is 7.89. The highest BCUT2D eigenvalue weighted by Crippen LogP contribution is 2.28. The van der Waals surface area contributed by atoms with Crippen molar-refractivity contribution in [3.8, 4) is 11.4 Å². The van der Waals surface area contributed by atoms with Crippen molar-refractivity contribution in [2.45, 2.75) is 33.2 Å². The SMILES string of the molecule is CC(=O)N1CCCC(Cn2c(-c3cc(C)c(=O)n(C)c3)nc3ccc(C=O)cc32)C1. The van der Waals surface area contributed by atoms with Gasteiger partial charge in [-0.1, -0.05) is 0 Å². The van der Waals surface area contributed by atoms with Gasteiger partial charge in [0.1, 0.15) is 12.1 Å². The Labute approximate surface area is 174 Å². The number of pyridine rings is 1. The van der Waals surface area contributed by atoms with E-state index in [2.05, 4.69) is 4.57 Å². The lowest BCUT2D eigenvalue weighted by Crippen LogP contribution is -2.39. The van der Waals surface area contributed by atoms with E-state index < -0.39 is 0 Å². The number of aromatic nitrogens is 3. The highest BCUT2D eigenvalue weighted by molar-refractivity contribution is 5.87. The lowest BCUT2D eigenvalue weighted by atomic mass is 9.97. The summed E-state index contributed by atoms with van der Waals surface area (Å²) in [5.41, 5.74) is 3.78. The molecule has 1 aromatic carbocycles. The van der Waals surface area contributed by atoms with Crippen molar-refractivity contribution in [1.29, 1.82) is 0 Å². The van der Waals surface area contributed by atoms with Crippen molar-refractivity contribution in [3.05, 3.63) is 51.9 Å². The molecule has 1 aliphatic rings. The van der Waals surface area contributed by atoms with Crippen LogP contribution in [0.3, 0.4) is 0 Å². The minimum Gasteiger partial charge on any atom is -0.343 e. The Kier molecular flexibility index (Phi) is 5.28. The Morgan fingerprint density at radius 3 is 2.80 bits per heavy atom. The van der Waals surface area contributed by atoms with E-state index in [-0.39, 0.29) is 11.5 Å². The summed E-state index contributed by atoms with van der Waals surface area (Å²) >= 11 is 0. The van der Waals surface area contributed by atoms with Gasteiger partial charge in [0.25, 0.3) is 5.56 Å². The van der Waals surface area contributed by atoms with Crippen LogP contribution in [0.1, 0.15) is 35.7 Å². The zero-order chi connectivity index (χ0) is 21.4. The van der Waals surface area contributed by atoms with Gasteiger partial charge in [0, 0.05) is 56.5 Å². The number of fused-ring (bicyclic) bond motifs is 1. The van der Waals surface area contributed by atoms with Crippen LogP contribution in [0.2, 0.25) is 0 Å². The zero-order valence-corrected chi connectivity index (χ0v) is 17.6. The van der Waals surface area contributed by atoms with Crippen molar-refractivity contribution < 1.29 is 9.59 Å². The van der Waals surface area contributed by atoms with Gasteiger partial charge in [-0.2, -0.15) is 0 Å². The number of aldehydes is 1. The maximum atomic E-state index is 12.2. The summed E-state index contributed by atoms with van der Waals surface area (Å²) in [5.74, 6) is 1.17. The van der Waals surface area contributed by atoms with Crippen LogP contribution in [0.25, 0.3) is 22.4 Å². The number of carbonyl (C=O) groups is 2. The van der Waals surface area contributed by atoms with Crippen LogP contribution in [0.4, 0.5) is 0 Å². The zero-order valence-electron chi connectivity index (χ0n) is 17.6. The van der Waals surface area contributed by atoms with Gasteiger partial charge < -0.3 is 14.0 Å². The van der Waals surface area contributed by atoms with E-state index in [9.17, 15) is 14.4 Å². The normalized spacial score (nSPS) is 16.8. The van der Waals surface area contributed by atoms with Crippen LogP contribution in [-0.4, -0.2) is 44.3 Å². The summed E-state index contributed by atoms with van der Waals surface area (Å²) in [6.45, 7) is 5.63. The van der Waals surface area contributed by atoms with Crippen molar-refractivity contribution >= 4 is 23.2 Å². The third kappa shape index (κ3) is 3.67. The van der Waals surface area contributed by atoms with Gasteiger partial charge in [0.2, 0.25) is 5.91 Å². The molecule has 1 amide bonds. The number of amides is 1. The number of aryl methyl sites for hydroxylation is 2. The van der Waals surface area contributed by atoms with E-state index in [1.807, 2.05) is 23.1 Å². The molecule has 7 nitrogen and oxygen atoms in total. The van der Waals surface area contributed by atoms with Crippen LogP contribution >= 0.6 is 0 Å². The number of nitrogens with zero attached hydrogens (tertiary/aromatic N) is 4. The second-order valence-corrected chi connectivity index (χ2v) is 8.21. The van der Waals surface area contributed by atoms with E-state index in [0.29, 0.717) is 30.1 Å². The van der Waals surface area contributed by atoms with Gasteiger partial charge in [-0.05, 0) is 49.9 Å². The van der Waals surface area contributed by atoms with Gasteiger partial charge in [0.15, 0.2) is 0 Å². The molecule has 3 heterocycles. The molecule has 0 radical (unpaired) electrons. The standard InChI is InChI=1S/C23H26N4O3/c1-15-9-19(13-25(3)23(15)30)22-24-20-7-6-17(14-28)10-21(20)27(22)12-18-5-4-8-26(11-18)16(2)29/h6-7,9-10,13-14,18H,4-5,8,11-12H2,1-3H3. The summed E-state index contributed by atoms with van der Waals surface area (Å²) < 4.78 is 3.71. The molecule has 1 atom stereocenters. The summed E-state index contributed by atoms with van der Waals surface area (Å²) in [6, 6.07) is 7.35. The number of hydrogen-bond acceptors (Lipinski definition) is 4. The third-order valence-electron chi connectivity index (χ3n) is 5.93. The lowest BCUT2D eigenvalue weighted by Gasteiger charge is -2.32. The molecule has 1 fully saturated rings. The fourth-order valence-electron chi connectivity index (χ4n) is 4.38. The molecule has 30 heavy (non-hydrogen) atoms. The molecule has 1 unspecified atom stereocenters. The lowest BCUT2D eigenvalue weighted by molar-refractivity contribution is -0.130. The van der Waals surface area contributed by atoms with Gasteiger partial charge in [0.05, 0.1) is 11.0 Å². The fourth-order valence-corrected chi connectivity index (χ4v) is 4.38. The third-order valence-corrected chi connectivity index (χ3v) is 5.93. The molecular formula is C23H26N4O3. The Morgan fingerprint density at radius 2 is 2.10 bits per heavy atom. The van der Waals surface area contributed by atoms with E-state index in [1.165, 1.54) is 0 Å². The average molecular weight is 406 g/mol. The maximum absolute atomic E-state index is 12.2. The highest BCUT2D eigenvalue weighted by Gasteiger charge is 2.24. The predicted molar refractivity (Wildman–Crippen MR) is 116 cm³/mol. The summed E-state index contributed by atoms with van der Waals surface area (Å²) in [4.78, 5) is 42.1. The molecule has 4 rings (SSSR count). The Balaban J connectivity index is 1.83. The number of imidazole rings is 1. The van der Waals surface area contributed by atoms with Crippen LogP contribution in [0.15, 0.2) is 35.3 Å². The molecule has 0 bridgehead atoms. The van der Waals surface area contributed by atoms with Crippen molar-refractivity contribution in [2.24, 2.45) is 13.0 Å². The first-order chi connectivity index (χ1) is 14.4. The number of hydrogen-bond donors (Lipinski definition) is 0. The molecule has 156 valence electrons. The average Bonchev–Trinajstić information content (AvgIpc) is 3.09. The Hall–Kier alpha value is -3.22. The number of likely N-dealkylation sites (tertiary alicyclic amines) is 1. The molecule has 0 spiro atoms. The largest absolute Gasteiger partial charge is 0.343 e. The Morgan fingerprint density at radius 1 is 1.30 bits per heavy atom. The fraction of sp³-hybridized carbons (Fsp3) is 0.391. The molecule has 0 aliphatic carbocycles. The molecule has 0 saturated carbocycles. The highest BCUT2D eigenvalue weighted by atomic mass is 16.2. The molecule has 0 N–H and O–H groups in total. The quantitative estimate of drug-likeness (QED) is 0.624. The first-order valence-corrected chi connectivity index (χ1v) is 10.3. The van der Waals surface area contributed by atoms with Gasteiger partial charge in [-0.25, -0.2) is 4.98 Å². The molecule has 3 aromatic rings. The van der Waals surface area contributed by atoms with Gasteiger partial charge >= 0.3 is 0 Å². The monoisotopic (exact) mass is 406 g/mol. The van der Waals surface area contributed by atoms with Gasteiger partial charge in [-0.15, -0.1) is 0 Å². The summed E-state index contributed by atoms with van der Waals surface area (Å²) in [7, 11) is 1.74. The van der Waals surface area contributed by atoms with Crippen LogP contribution in [0, 0.1) is 12.8 Å².